The van der Waals surface area contributed by atoms with Crippen molar-refractivity contribution in [1.29, 1.82) is 0 Å². The molecule has 3 aromatic rings. The molecule has 0 spiro atoms. The van der Waals surface area contributed by atoms with Crippen molar-refractivity contribution in [2.75, 3.05) is 17.2 Å². The van der Waals surface area contributed by atoms with Gasteiger partial charge in [0.05, 0.1) is 6.54 Å². The van der Waals surface area contributed by atoms with Gasteiger partial charge in [0.25, 0.3) is 11.8 Å². The smallest absolute Gasteiger partial charge is 0.255 e. The van der Waals surface area contributed by atoms with Crippen LogP contribution in [0.3, 0.4) is 0 Å². The molecule has 4 N–H and O–H groups in total. The lowest BCUT2D eigenvalue weighted by Crippen LogP contribution is -2.32. The molecule has 166 valence electrons. The Labute approximate surface area is 194 Å². The van der Waals surface area contributed by atoms with Gasteiger partial charge in [-0.2, -0.15) is 0 Å². The van der Waals surface area contributed by atoms with Gasteiger partial charge in [0.2, 0.25) is 11.0 Å². The molecule has 0 fully saturated rings. The van der Waals surface area contributed by atoms with Crippen molar-refractivity contribution in [3.8, 4) is 0 Å². The zero-order valence-electron chi connectivity index (χ0n) is 17.8. The first-order valence-corrected chi connectivity index (χ1v) is 11.0. The Balaban J connectivity index is 1.58. The van der Waals surface area contributed by atoms with Crippen molar-refractivity contribution in [1.82, 2.24) is 15.5 Å². The Morgan fingerprint density at radius 3 is 2.34 bits per heavy atom. The van der Waals surface area contributed by atoms with Crippen molar-refractivity contribution in [2.45, 2.75) is 26.2 Å². The van der Waals surface area contributed by atoms with Crippen LogP contribution in [0.4, 0.5) is 10.8 Å². The molecule has 32 heavy (non-hydrogen) atoms. The van der Waals surface area contributed by atoms with Crippen molar-refractivity contribution in [3.05, 3.63) is 69.2 Å². The number of anilines is 2. The first kappa shape index (κ1) is 23.3. The number of hydrogen-bond donors (Lipinski definition) is 4. The number of carbonyl (C=O) groups excluding carboxylic acids is 3. The van der Waals surface area contributed by atoms with Crippen molar-refractivity contribution in [3.63, 3.8) is 0 Å². The number of hydrogen-bond acceptors (Lipinski definition) is 6. The van der Waals surface area contributed by atoms with Gasteiger partial charge in [-0.05, 0) is 53.5 Å². The van der Waals surface area contributed by atoms with Gasteiger partial charge in [0.15, 0.2) is 3.95 Å². The van der Waals surface area contributed by atoms with Crippen LogP contribution in [0.2, 0.25) is 0 Å². The van der Waals surface area contributed by atoms with E-state index in [1.54, 1.807) is 36.4 Å². The third-order valence-corrected chi connectivity index (χ3v) is 5.49. The van der Waals surface area contributed by atoms with E-state index in [0.717, 1.165) is 16.9 Å². The lowest BCUT2D eigenvalue weighted by Gasteiger charge is -2.19. The fraction of sp³-hybridized carbons (Fsp3) is 0.227. The van der Waals surface area contributed by atoms with E-state index in [2.05, 4.69) is 46.9 Å². The molecule has 0 atom stereocenters. The van der Waals surface area contributed by atoms with Gasteiger partial charge >= 0.3 is 0 Å². The molecule has 0 aliphatic rings. The summed E-state index contributed by atoms with van der Waals surface area (Å²) in [7, 11) is 0. The molecule has 0 saturated heterocycles. The standard InChI is InChI=1S/C22H23N5O3S2/c1-22(2,3)15-9-7-13(8-10-15)19(30)24-16-6-4-5-14(11-16)18(29)23-12-17(28)25-20-26-27-21(31)32-20/h4-11H,12H2,1-3H3,(H,23,29)(H,24,30)(H,27,31)(H,25,26,28). The molecule has 2 aromatic carbocycles. The zero-order valence-corrected chi connectivity index (χ0v) is 19.4. The Morgan fingerprint density at radius 2 is 1.72 bits per heavy atom. The molecule has 1 aromatic heterocycles. The molecule has 0 saturated carbocycles. The highest BCUT2D eigenvalue weighted by Crippen LogP contribution is 2.22. The molecule has 0 radical (unpaired) electrons. The summed E-state index contributed by atoms with van der Waals surface area (Å²) in [5.74, 6) is -1.15. The summed E-state index contributed by atoms with van der Waals surface area (Å²) in [6.07, 6.45) is 0. The van der Waals surface area contributed by atoms with E-state index >= 15 is 0 Å². The molecule has 0 aliphatic carbocycles. The summed E-state index contributed by atoms with van der Waals surface area (Å²) in [5.41, 5.74) is 2.44. The lowest BCUT2D eigenvalue weighted by molar-refractivity contribution is -0.115. The van der Waals surface area contributed by atoms with E-state index in [-0.39, 0.29) is 17.9 Å². The summed E-state index contributed by atoms with van der Waals surface area (Å²) >= 11 is 6.02. The quantitative estimate of drug-likeness (QED) is 0.405. The Hall–Kier alpha value is -3.37. The lowest BCUT2D eigenvalue weighted by atomic mass is 9.87. The predicted molar refractivity (Wildman–Crippen MR) is 128 cm³/mol. The molecule has 0 unspecified atom stereocenters. The van der Waals surface area contributed by atoms with Crippen LogP contribution in [0.15, 0.2) is 48.5 Å². The molecule has 1 heterocycles. The van der Waals surface area contributed by atoms with Crippen LogP contribution in [0.1, 0.15) is 47.1 Å². The third-order valence-electron chi connectivity index (χ3n) is 4.49. The number of H-pyrrole nitrogens is 1. The summed E-state index contributed by atoms with van der Waals surface area (Å²) in [5, 5.41) is 14.6. The van der Waals surface area contributed by atoms with Crippen LogP contribution in [0.25, 0.3) is 0 Å². The van der Waals surface area contributed by atoms with E-state index in [0.29, 0.717) is 25.9 Å². The van der Waals surface area contributed by atoms with Crippen LogP contribution in [-0.4, -0.2) is 34.5 Å². The largest absolute Gasteiger partial charge is 0.343 e. The second kappa shape index (κ2) is 9.84. The van der Waals surface area contributed by atoms with Crippen molar-refractivity contribution in [2.24, 2.45) is 0 Å². The van der Waals surface area contributed by atoms with Crippen molar-refractivity contribution < 1.29 is 14.4 Å². The number of nitrogens with zero attached hydrogens (tertiary/aromatic N) is 1. The average Bonchev–Trinajstić information content (AvgIpc) is 3.16. The van der Waals surface area contributed by atoms with E-state index in [1.165, 1.54) is 0 Å². The van der Waals surface area contributed by atoms with Gasteiger partial charge in [-0.1, -0.05) is 50.3 Å². The van der Waals surface area contributed by atoms with Crippen LogP contribution in [-0.2, 0) is 10.2 Å². The van der Waals surface area contributed by atoms with Gasteiger partial charge in [0, 0.05) is 16.8 Å². The summed E-state index contributed by atoms with van der Waals surface area (Å²) in [6, 6.07) is 13.9. The average molecular weight is 470 g/mol. The number of aromatic amines is 1. The van der Waals surface area contributed by atoms with E-state index in [4.69, 9.17) is 12.2 Å². The monoisotopic (exact) mass is 469 g/mol. The second-order valence-electron chi connectivity index (χ2n) is 8.01. The maximum atomic E-state index is 12.6. The summed E-state index contributed by atoms with van der Waals surface area (Å²) in [4.78, 5) is 36.9. The van der Waals surface area contributed by atoms with Gasteiger partial charge in [-0.25, -0.2) is 0 Å². The Bertz CT molecular complexity index is 1190. The minimum absolute atomic E-state index is 0.000614. The highest BCUT2D eigenvalue weighted by Gasteiger charge is 2.15. The second-order valence-corrected chi connectivity index (χ2v) is 9.68. The van der Waals surface area contributed by atoms with Gasteiger partial charge in [0.1, 0.15) is 0 Å². The van der Waals surface area contributed by atoms with Crippen molar-refractivity contribution >= 4 is 52.1 Å². The maximum absolute atomic E-state index is 12.6. The number of carbonyl (C=O) groups is 3. The summed E-state index contributed by atoms with van der Waals surface area (Å²) < 4.78 is 0.438. The SMILES string of the molecule is CC(C)(C)c1ccc(C(=O)Nc2cccc(C(=O)NCC(=O)Nc3n[nH]c(=S)s3)c2)cc1. The highest BCUT2D eigenvalue weighted by atomic mass is 32.1. The molecule has 3 rings (SSSR count). The van der Waals surface area contributed by atoms with E-state index in [1.807, 2.05) is 12.1 Å². The molecule has 8 nitrogen and oxygen atoms in total. The van der Waals surface area contributed by atoms with Crippen LogP contribution in [0.5, 0.6) is 0 Å². The minimum atomic E-state index is -0.444. The van der Waals surface area contributed by atoms with Crippen LogP contribution >= 0.6 is 23.6 Å². The van der Waals surface area contributed by atoms with E-state index < -0.39 is 11.8 Å². The Morgan fingerprint density at radius 1 is 1.00 bits per heavy atom. The van der Waals surface area contributed by atoms with Crippen LogP contribution < -0.4 is 16.0 Å². The first-order chi connectivity index (χ1) is 15.1. The number of rotatable bonds is 6. The third kappa shape index (κ3) is 6.32. The fourth-order valence-electron chi connectivity index (χ4n) is 2.77. The topological polar surface area (TPSA) is 116 Å². The van der Waals surface area contributed by atoms with Gasteiger partial charge < -0.3 is 10.6 Å². The number of amides is 3. The summed E-state index contributed by atoms with van der Waals surface area (Å²) in [6.45, 7) is 6.09. The van der Waals surface area contributed by atoms with Gasteiger partial charge in [-0.3, -0.25) is 24.8 Å². The molecule has 3 amide bonds. The number of aromatic nitrogens is 2. The van der Waals surface area contributed by atoms with Crippen LogP contribution in [0, 0.1) is 3.95 Å². The molecule has 10 heteroatoms. The number of nitrogens with one attached hydrogen (secondary N) is 4. The minimum Gasteiger partial charge on any atom is -0.343 e. The molecular formula is C22H23N5O3S2. The molecule has 0 bridgehead atoms. The Kier molecular flexibility index (Phi) is 7.16. The highest BCUT2D eigenvalue weighted by molar-refractivity contribution is 7.73. The number of benzene rings is 2. The predicted octanol–water partition coefficient (Wildman–Crippen LogP) is 4.12. The molecule has 0 aliphatic heterocycles. The molecular weight excluding hydrogens is 446 g/mol. The maximum Gasteiger partial charge on any atom is 0.255 e. The zero-order chi connectivity index (χ0) is 23.3. The normalized spacial score (nSPS) is 11.0. The van der Waals surface area contributed by atoms with Gasteiger partial charge in [-0.15, -0.1) is 5.10 Å². The van der Waals surface area contributed by atoms with E-state index in [9.17, 15) is 14.4 Å². The first-order valence-electron chi connectivity index (χ1n) is 9.77. The fourth-order valence-corrected chi connectivity index (χ4v) is 3.58.